The second-order valence-electron chi connectivity index (χ2n) is 13.3. The van der Waals surface area contributed by atoms with Crippen molar-refractivity contribution in [2.75, 3.05) is 6.61 Å². The SMILES string of the molecule is CCCC[Si](OCC[C@H]1O[C@@H](C#C[Si](C(C)C)(C(C)C)C(C)C)[C@H](C)[C@@H](O)[C@H]1C)(c1ccccc1)c1ccccc1. The van der Waals surface area contributed by atoms with Gasteiger partial charge in [-0.15, -0.1) is 5.54 Å². The number of aliphatic hydroxyl groups is 1. The van der Waals surface area contributed by atoms with Crippen LogP contribution < -0.4 is 10.4 Å². The summed E-state index contributed by atoms with van der Waals surface area (Å²) in [7, 11) is -4.32. The molecule has 1 saturated heterocycles. The molecule has 1 aliphatic rings. The Hall–Kier alpha value is -1.69. The monoisotopic (exact) mass is 592 g/mol. The predicted octanol–water partition coefficient (Wildman–Crippen LogP) is 7.58. The van der Waals surface area contributed by atoms with Gasteiger partial charge in [-0.2, -0.15) is 0 Å². The van der Waals surface area contributed by atoms with E-state index in [-0.39, 0.29) is 24.0 Å². The zero-order valence-electron chi connectivity index (χ0n) is 27.2. The van der Waals surface area contributed by atoms with E-state index in [1.807, 2.05) is 0 Å². The Bertz CT molecular complexity index is 1040. The first-order valence-electron chi connectivity index (χ1n) is 16.1. The van der Waals surface area contributed by atoms with Crippen molar-refractivity contribution in [3.05, 3.63) is 60.7 Å². The number of rotatable bonds is 12. The normalized spacial score (nSPS) is 23.6. The Morgan fingerprint density at radius 3 is 1.80 bits per heavy atom. The van der Waals surface area contributed by atoms with Crippen LogP contribution in [0.25, 0.3) is 0 Å². The van der Waals surface area contributed by atoms with Crippen molar-refractivity contribution in [3.63, 3.8) is 0 Å². The molecule has 226 valence electrons. The standard InChI is InChI=1S/C36H56O3Si2/c1-10-11-25-41(32-18-14-12-15-19-32,33-20-16-13-17-21-33)38-24-22-34-30(8)36(37)31(9)35(39-34)23-26-40(27(2)3,28(4)5)29(6)7/h12-21,27-31,34-37H,10-11,22,24-25H2,1-9H3/t30-,31-,34+,35-,36-/m0/s1. The summed E-state index contributed by atoms with van der Waals surface area (Å²) in [5.41, 5.74) is 5.57. The first-order chi connectivity index (χ1) is 19.5. The van der Waals surface area contributed by atoms with Crippen molar-refractivity contribution in [3.8, 4) is 11.5 Å². The van der Waals surface area contributed by atoms with E-state index in [0.29, 0.717) is 23.2 Å². The Kier molecular flexibility index (Phi) is 12.5. The van der Waals surface area contributed by atoms with E-state index in [9.17, 15) is 5.11 Å². The van der Waals surface area contributed by atoms with Crippen LogP contribution in [0.1, 0.15) is 81.6 Å². The molecule has 0 saturated carbocycles. The second-order valence-corrected chi connectivity index (χ2v) is 22.4. The third-order valence-electron chi connectivity index (χ3n) is 9.87. The van der Waals surface area contributed by atoms with Crippen molar-refractivity contribution in [2.45, 2.75) is 123 Å². The van der Waals surface area contributed by atoms with Gasteiger partial charge >= 0.3 is 0 Å². The van der Waals surface area contributed by atoms with Crippen molar-refractivity contribution in [1.82, 2.24) is 0 Å². The molecule has 3 rings (SSSR count). The number of benzene rings is 2. The molecule has 1 heterocycles. The lowest BCUT2D eigenvalue weighted by atomic mass is 9.82. The van der Waals surface area contributed by atoms with E-state index in [1.165, 1.54) is 10.4 Å². The first-order valence-corrected chi connectivity index (χ1v) is 20.5. The summed E-state index contributed by atoms with van der Waals surface area (Å²) in [6, 6.07) is 22.8. The van der Waals surface area contributed by atoms with E-state index >= 15 is 0 Å². The molecule has 0 aliphatic carbocycles. The summed E-state index contributed by atoms with van der Waals surface area (Å²) in [4.78, 5) is 0. The summed E-state index contributed by atoms with van der Waals surface area (Å²) < 4.78 is 13.9. The van der Waals surface area contributed by atoms with E-state index in [2.05, 4.69) is 134 Å². The van der Waals surface area contributed by atoms with Gasteiger partial charge in [-0.1, -0.05) is 142 Å². The highest BCUT2D eigenvalue weighted by molar-refractivity contribution is 6.97. The molecular formula is C36H56O3Si2. The molecular weight excluding hydrogens is 537 g/mol. The molecule has 0 aromatic heterocycles. The summed E-state index contributed by atoms with van der Waals surface area (Å²) in [5.74, 6) is 3.64. The fourth-order valence-corrected chi connectivity index (χ4v) is 16.7. The average molecular weight is 593 g/mol. The smallest absolute Gasteiger partial charge is 0.255 e. The summed E-state index contributed by atoms with van der Waals surface area (Å²) in [5, 5.41) is 14.0. The minimum Gasteiger partial charge on any atom is -0.408 e. The lowest BCUT2D eigenvalue weighted by molar-refractivity contribution is -0.147. The molecule has 0 amide bonds. The molecule has 0 radical (unpaired) electrons. The van der Waals surface area contributed by atoms with Crippen molar-refractivity contribution in [2.24, 2.45) is 11.8 Å². The number of hydrogen-bond donors (Lipinski definition) is 1. The second kappa shape index (κ2) is 15.2. The van der Waals surface area contributed by atoms with Crippen molar-refractivity contribution >= 4 is 26.8 Å². The molecule has 0 spiro atoms. The number of unbranched alkanes of at least 4 members (excludes halogenated alkanes) is 1. The van der Waals surface area contributed by atoms with Crippen LogP contribution in [0, 0.1) is 23.3 Å². The fourth-order valence-electron chi connectivity index (χ4n) is 7.32. The third kappa shape index (κ3) is 7.46. The Morgan fingerprint density at radius 2 is 1.34 bits per heavy atom. The van der Waals surface area contributed by atoms with E-state index in [1.54, 1.807) is 0 Å². The Morgan fingerprint density at radius 1 is 0.829 bits per heavy atom. The van der Waals surface area contributed by atoms with Gasteiger partial charge in [-0.05, 0) is 39.5 Å². The lowest BCUT2D eigenvalue weighted by Crippen LogP contribution is -2.61. The van der Waals surface area contributed by atoms with Crippen LogP contribution in [-0.4, -0.2) is 46.4 Å². The minimum atomic E-state index is -2.44. The molecule has 5 heteroatoms. The van der Waals surface area contributed by atoms with Gasteiger partial charge in [-0.25, -0.2) is 0 Å². The quantitative estimate of drug-likeness (QED) is 0.204. The van der Waals surface area contributed by atoms with E-state index in [0.717, 1.165) is 25.3 Å². The largest absolute Gasteiger partial charge is 0.408 e. The van der Waals surface area contributed by atoms with Gasteiger partial charge in [-0.3, -0.25) is 0 Å². The van der Waals surface area contributed by atoms with Gasteiger partial charge < -0.3 is 14.3 Å². The number of hydrogen-bond acceptors (Lipinski definition) is 3. The van der Waals surface area contributed by atoms with Gasteiger partial charge in [0.15, 0.2) is 0 Å². The third-order valence-corrected chi connectivity index (χ3v) is 20.5. The maximum Gasteiger partial charge on any atom is 0.255 e. The number of ether oxygens (including phenoxy) is 1. The van der Waals surface area contributed by atoms with E-state index in [4.69, 9.17) is 9.16 Å². The van der Waals surface area contributed by atoms with Crippen LogP contribution in [-0.2, 0) is 9.16 Å². The summed E-state index contributed by atoms with van der Waals surface area (Å²) in [6.45, 7) is 21.2. The predicted molar refractivity (Wildman–Crippen MR) is 180 cm³/mol. The van der Waals surface area contributed by atoms with Crippen LogP contribution in [0.5, 0.6) is 0 Å². The topological polar surface area (TPSA) is 38.7 Å². The van der Waals surface area contributed by atoms with Crippen LogP contribution in [0.3, 0.4) is 0 Å². The molecule has 41 heavy (non-hydrogen) atoms. The average Bonchev–Trinajstić information content (AvgIpc) is 2.96. The van der Waals surface area contributed by atoms with Gasteiger partial charge in [0.2, 0.25) is 0 Å². The van der Waals surface area contributed by atoms with Crippen LogP contribution in [0.4, 0.5) is 0 Å². The first kappa shape index (κ1) is 33.8. The Balaban J connectivity index is 1.86. The Labute approximate surface area is 253 Å². The van der Waals surface area contributed by atoms with Crippen LogP contribution >= 0.6 is 0 Å². The minimum absolute atomic E-state index is 0.0143. The summed E-state index contributed by atoms with van der Waals surface area (Å²) >= 11 is 0. The van der Waals surface area contributed by atoms with Gasteiger partial charge in [0.1, 0.15) is 14.2 Å². The molecule has 5 atom stereocenters. The highest BCUT2D eigenvalue weighted by Crippen LogP contribution is 2.41. The molecule has 1 aliphatic heterocycles. The van der Waals surface area contributed by atoms with Gasteiger partial charge in [0.25, 0.3) is 8.32 Å². The molecule has 3 nitrogen and oxygen atoms in total. The zero-order valence-corrected chi connectivity index (χ0v) is 29.2. The van der Waals surface area contributed by atoms with Crippen LogP contribution in [0.15, 0.2) is 60.7 Å². The molecule has 1 N–H and O–H groups in total. The fraction of sp³-hybridized carbons (Fsp3) is 0.611. The molecule has 0 bridgehead atoms. The molecule has 2 aromatic rings. The van der Waals surface area contributed by atoms with Crippen molar-refractivity contribution in [1.29, 1.82) is 0 Å². The van der Waals surface area contributed by atoms with Gasteiger partial charge in [0, 0.05) is 18.4 Å². The highest BCUT2D eigenvalue weighted by Gasteiger charge is 2.44. The lowest BCUT2D eigenvalue weighted by Gasteiger charge is -2.42. The van der Waals surface area contributed by atoms with Crippen molar-refractivity contribution < 1.29 is 14.3 Å². The highest BCUT2D eigenvalue weighted by atomic mass is 28.4. The van der Waals surface area contributed by atoms with E-state index < -0.39 is 22.5 Å². The number of aliphatic hydroxyl groups excluding tert-OH is 1. The molecule has 0 unspecified atom stereocenters. The van der Waals surface area contributed by atoms with Crippen LogP contribution in [0.2, 0.25) is 22.7 Å². The maximum atomic E-state index is 11.3. The van der Waals surface area contributed by atoms with Gasteiger partial charge in [0.05, 0.1) is 12.2 Å². The maximum absolute atomic E-state index is 11.3. The summed E-state index contributed by atoms with van der Waals surface area (Å²) in [6.07, 6.45) is 2.25. The molecule has 1 fully saturated rings. The molecule has 2 aromatic carbocycles. The zero-order chi connectivity index (χ0) is 30.2.